The molecule has 1 aromatic rings. The van der Waals surface area contributed by atoms with Crippen LogP contribution in [0.5, 0.6) is 0 Å². The molecule has 3 atom stereocenters. The van der Waals surface area contributed by atoms with Gasteiger partial charge in [0.05, 0.1) is 0 Å². The Hall–Kier alpha value is -0.800. The Kier molecular flexibility index (Phi) is 4.84. The molecule has 1 aromatic carbocycles. The lowest BCUT2D eigenvalue weighted by Gasteiger charge is -2.33. The molecule has 0 amide bonds. The molecule has 0 spiro atoms. The number of carbonyl (C=O) groups is 1. The monoisotopic (exact) mass is 264 g/mol. The molecule has 3 heteroatoms. The van der Waals surface area contributed by atoms with E-state index in [1.807, 2.05) is 25.1 Å². The Morgan fingerprint density at radius 3 is 2.72 bits per heavy atom. The van der Waals surface area contributed by atoms with E-state index in [0.717, 1.165) is 19.3 Å². The van der Waals surface area contributed by atoms with Gasteiger partial charge < -0.3 is 4.74 Å². The van der Waals surface area contributed by atoms with Gasteiger partial charge in [0.1, 0.15) is 11.2 Å². The van der Waals surface area contributed by atoms with Gasteiger partial charge in [-0.1, -0.05) is 36.9 Å². The van der Waals surface area contributed by atoms with E-state index in [1.54, 1.807) is 18.9 Å². The number of ketones is 1. The van der Waals surface area contributed by atoms with E-state index in [-0.39, 0.29) is 11.4 Å². The van der Waals surface area contributed by atoms with Crippen molar-refractivity contribution >= 4 is 17.5 Å². The number of ether oxygens (including phenoxy) is 1. The summed E-state index contributed by atoms with van der Waals surface area (Å²) in [6.45, 7) is 2.05. The van der Waals surface area contributed by atoms with E-state index in [1.165, 1.54) is 4.90 Å². The first-order valence-corrected chi connectivity index (χ1v) is 7.37. The third-order valence-corrected chi connectivity index (χ3v) is 5.01. The molecule has 1 saturated carbocycles. The smallest absolute Gasteiger partial charge is 0.136 e. The van der Waals surface area contributed by atoms with Crippen LogP contribution < -0.4 is 0 Å². The highest BCUT2D eigenvalue weighted by atomic mass is 32.2. The van der Waals surface area contributed by atoms with Crippen LogP contribution in [0.15, 0.2) is 35.2 Å². The van der Waals surface area contributed by atoms with E-state index in [0.29, 0.717) is 11.7 Å². The summed E-state index contributed by atoms with van der Waals surface area (Å²) in [7, 11) is 1.74. The zero-order chi connectivity index (χ0) is 13.0. The largest absolute Gasteiger partial charge is 0.370 e. The Morgan fingerprint density at radius 1 is 1.33 bits per heavy atom. The van der Waals surface area contributed by atoms with Crippen molar-refractivity contribution in [2.24, 2.45) is 11.8 Å². The molecular weight excluding hydrogens is 244 g/mol. The molecule has 0 saturated heterocycles. The average molecular weight is 264 g/mol. The van der Waals surface area contributed by atoms with Crippen LogP contribution in [0.1, 0.15) is 26.2 Å². The minimum Gasteiger partial charge on any atom is -0.370 e. The van der Waals surface area contributed by atoms with Crippen molar-refractivity contribution in [1.29, 1.82) is 0 Å². The van der Waals surface area contributed by atoms with E-state index in [2.05, 4.69) is 12.1 Å². The van der Waals surface area contributed by atoms with Gasteiger partial charge in [0.2, 0.25) is 0 Å². The molecular formula is C15H20O2S. The molecule has 0 aromatic heterocycles. The number of benzene rings is 1. The second-order valence-corrected chi connectivity index (χ2v) is 6.02. The minimum atomic E-state index is 0.0756. The Balaban J connectivity index is 2.06. The maximum atomic E-state index is 11.8. The molecule has 0 radical (unpaired) electrons. The second-order valence-electron chi connectivity index (χ2n) is 4.85. The van der Waals surface area contributed by atoms with Gasteiger partial charge in [-0.2, -0.15) is 0 Å². The van der Waals surface area contributed by atoms with Gasteiger partial charge in [-0.05, 0) is 25.0 Å². The molecule has 18 heavy (non-hydrogen) atoms. The molecule has 2 rings (SSSR count). The van der Waals surface area contributed by atoms with Crippen LogP contribution in [-0.4, -0.2) is 18.3 Å². The number of methoxy groups -OCH3 is 1. The van der Waals surface area contributed by atoms with Crippen LogP contribution in [0.2, 0.25) is 0 Å². The van der Waals surface area contributed by atoms with Gasteiger partial charge in [-0.3, -0.25) is 4.79 Å². The first-order valence-electron chi connectivity index (χ1n) is 6.49. The number of Topliss-reactive ketones (excluding diaryl/α,β-unsaturated/α-hetero) is 1. The maximum Gasteiger partial charge on any atom is 0.136 e. The maximum absolute atomic E-state index is 11.8. The van der Waals surface area contributed by atoms with Crippen LogP contribution in [0.4, 0.5) is 0 Å². The summed E-state index contributed by atoms with van der Waals surface area (Å²) in [4.78, 5) is 13.0. The molecule has 1 aliphatic rings. The van der Waals surface area contributed by atoms with Gasteiger partial charge >= 0.3 is 0 Å². The molecule has 0 N–H and O–H groups in total. The average Bonchev–Trinajstić information content (AvgIpc) is 2.41. The lowest BCUT2D eigenvalue weighted by atomic mass is 9.80. The molecule has 0 heterocycles. The van der Waals surface area contributed by atoms with Crippen molar-refractivity contribution in [2.75, 3.05) is 7.11 Å². The summed E-state index contributed by atoms with van der Waals surface area (Å²) in [5.74, 6) is 0.850. The highest BCUT2D eigenvalue weighted by molar-refractivity contribution is 7.99. The van der Waals surface area contributed by atoms with Crippen LogP contribution in [0.25, 0.3) is 0 Å². The molecule has 3 unspecified atom stereocenters. The fourth-order valence-electron chi connectivity index (χ4n) is 2.54. The molecule has 1 fully saturated rings. The number of carbonyl (C=O) groups excluding carboxylic acids is 1. The van der Waals surface area contributed by atoms with Crippen molar-refractivity contribution in [3.05, 3.63) is 30.3 Å². The minimum absolute atomic E-state index is 0.0756. The summed E-state index contributed by atoms with van der Waals surface area (Å²) >= 11 is 1.73. The fraction of sp³-hybridized carbons (Fsp3) is 0.533. The van der Waals surface area contributed by atoms with Gasteiger partial charge in [-0.25, -0.2) is 0 Å². The van der Waals surface area contributed by atoms with E-state index in [4.69, 9.17) is 4.74 Å². The number of thioether (sulfide) groups is 1. The van der Waals surface area contributed by atoms with Crippen molar-refractivity contribution in [2.45, 2.75) is 36.5 Å². The van der Waals surface area contributed by atoms with Gasteiger partial charge in [-0.15, -0.1) is 0 Å². The topological polar surface area (TPSA) is 26.3 Å². The predicted octanol–water partition coefficient (Wildman–Crippen LogP) is 3.76. The summed E-state index contributed by atoms with van der Waals surface area (Å²) < 4.78 is 5.62. The molecule has 0 bridgehead atoms. The highest BCUT2D eigenvalue weighted by Gasteiger charge is 2.34. The molecule has 98 valence electrons. The van der Waals surface area contributed by atoms with Crippen LogP contribution in [-0.2, 0) is 9.53 Å². The highest BCUT2D eigenvalue weighted by Crippen LogP contribution is 2.38. The lowest BCUT2D eigenvalue weighted by molar-refractivity contribution is -0.127. The Labute approximate surface area is 113 Å². The first-order chi connectivity index (χ1) is 8.72. The van der Waals surface area contributed by atoms with Crippen LogP contribution >= 0.6 is 11.8 Å². The standard InChI is InChI=1S/C15H20O2S/c1-11-13(9-6-10-14(11)16)15(17-2)18-12-7-4-3-5-8-12/h3-5,7-8,11,13,15H,6,9-10H2,1-2H3. The molecule has 2 nitrogen and oxygen atoms in total. The number of hydrogen-bond acceptors (Lipinski definition) is 3. The molecule has 0 aliphatic heterocycles. The summed E-state index contributed by atoms with van der Waals surface area (Å²) in [6.07, 6.45) is 2.83. The first kappa shape index (κ1) is 13.6. The third kappa shape index (κ3) is 3.15. The van der Waals surface area contributed by atoms with E-state index in [9.17, 15) is 4.79 Å². The lowest BCUT2D eigenvalue weighted by Crippen LogP contribution is -2.34. The third-order valence-electron chi connectivity index (χ3n) is 3.69. The zero-order valence-corrected chi connectivity index (χ0v) is 11.8. The van der Waals surface area contributed by atoms with Crippen molar-refractivity contribution in [1.82, 2.24) is 0 Å². The second kappa shape index (κ2) is 6.39. The van der Waals surface area contributed by atoms with Gasteiger partial charge in [0.15, 0.2) is 0 Å². The predicted molar refractivity (Wildman–Crippen MR) is 74.6 cm³/mol. The van der Waals surface area contributed by atoms with E-state index >= 15 is 0 Å². The van der Waals surface area contributed by atoms with Crippen molar-refractivity contribution < 1.29 is 9.53 Å². The summed E-state index contributed by atoms with van der Waals surface area (Å²) in [5.41, 5.74) is 0.0756. The van der Waals surface area contributed by atoms with Gasteiger partial charge in [0.25, 0.3) is 0 Å². The van der Waals surface area contributed by atoms with Crippen molar-refractivity contribution in [3.8, 4) is 0 Å². The number of rotatable bonds is 4. The summed E-state index contributed by atoms with van der Waals surface area (Å²) in [5, 5.41) is 0. The van der Waals surface area contributed by atoms with E-state index < -0.39 is 0 Å². The van der Waals surface area contributed by atoms with Crippen LogP contribution in [0, 0.1) is 11.8 Å². The van der Waals surface area contributed by atoms with Gasteiger partial charge in [0, 0.05) is 30.3 Å². The number of hydrogen-bond donors (Lipinski definition) is 0. The fourth-order valence-corrected chi connectivity index (χ4v) is 3.77. The van der Waals surface area contributed by atoms with Crippen LogP contribution in [0.3, 0.4) is 0 Å². The molecule has 1 aliphatic carbocycles. The quantitative estimate of drug-likeness (QED) is 0.612. The zero-order valence-electron chi connectivity index (χ0n) is 11.0. The Bertz CT molecular complexity index is 391. The Morgan fingerprint density at radius 2 is 2.06 bits per heavy atom. The normalized spacial score (nSPS) is 26.0. The SMILES string of the molecule is COC(Sc1ccccc1)C1CCCC(=O)C1C. The summed E-state index contributed by atoms with van der Waals surface area (Å²) in [6, 6.07) is 10.3. The van der Waals surface area contributed by atoms with Crippen molar-refractivity contribution in [3.63, 3.8) is 0 Å².